The quantitative estimate of drug-likeness (QED) is 0.315. The Morgan fingerprint density at radius 3 is 2.37 bits per heavy atom. The van der Waals surface area contributed by atoms with Crippen molar-refractivity contribution in [1.82, 2.24) is 0 Å². The van der Waals surface area contributed by atoms with Crippen LogP contribution in [0.25, 0.3) is 0 Å². The van der Waals surface area contributed by atoms with Crippen LogP contribution in [0.15, 0.2) is 54.6 Å². The molecule has 0 aliphatic rings. The zero-order valence-electron chi connectivity index (χ0n) is 18.2. The average Bonchev–Trinajstić information content (AvgIpc) is 2.76. The minimum atomic E-state index is -4.38. The molecule has 0 aliphatic heterocycles. The molecular formula is C22H20F2N4O5S2. The fourth-order valence-corrected chi connectivity index (χ4v) is 3.99. The average molecular weight is 523 g/mol. The third-order valence-electron chi connectivity index (χ3n) is 4.43. The number of rotatable bonds is 9. The second kappa shape index (κ2) is 10.2. The molecule has 35 heavy (non-hydrogen) atoms. The number of terminal acetylenes is 1. The monoisotopic (exact) mass is 522 g/mol. The van der Waals surface area contributed by atoms with Crippen LogP contribution in [-0.4, -0.2) is 22.6 Å². The molecule has 0 bridgehead atoms. The molecule has 0 radical (unpaired) electrons. The summed E-state index contributed by atoms with van der Waals surface area (Å²) in [6, 6.07) is 11.2. The van der Waals surface area contributed by atoms with Crippen LogP contribution < -0.4 is 24.6 Å². The minimum Gasteiger partial charge on any atom is -0.455 e. The van der Waals surface area contributed by atoms with Crippen molar-refractivity contribution in [1.29, 1.82) is 0 Å². The SMILES string of the molecule is C#Cc1ccc(Nc2cc(F)cc(Oc3cccc(NS(=O)(=O)CC)c3)c2NS(N)(=O)=O)c(F)c1. The van der Waals surface area contributed by atoms with Gasteiger partial charge < -0.3 is 10.1 Å². The molecule has 0 unspecified atom stereocenters. The molecule has 3 aromatic carbocycles. The van der Waals surface area contributed by atoms with Gasteiger partial charge in [0.1, 0.15) is 23.1 Å². The van der Waals surface area contributed by atoms with Crippen molar-refractivity contribution in [3.8, 4) is 23.8 Å². The summed E-state index contributed by atoms with van der Waals surface area (Å²) < 4.78 is 86.2. The third kappa shape index (κ3) is 7.06. The van der Waals surface area contributed by atoms with Crippen LogP contribution in [-0.2, 0) is 20.2 Å². The minimum absolute atomic E-state index is 0.0416. The van der Waals surface area contributed by atoms with Crippen molar-refractivity contribution in [3.63, 3.8) is 0 Å². The molecule has 0 amide bonds. The van der Waals surface area contributed by atoms with Gasteiger partial charge in [0.05, 0.1) is 22.8 Å². The zero-order chi connectivity index (χ0) is 25.8. The lowest BCUT2D eigenvalue weighted by Gasteiger charge is -2.18. The van der Waals surface area contributed by atoms with Gasteiger partial charge in [-0.25, -0.2) is 22.3 Å². The molecule has 0 aromatic heterocycles. The van der Waals surface area contributed by atoms with Crippen LogP contribution in [0.1, 0.15) is 12.5 Å². The molecule has 0 atom stereocenters. The Labute approximate surface area is 201 Å². The van der Waals surface area contributed by atoms with E-state index in [-0.39, 0.29) is 45.6 Å². The van der Waals surface area contributed by atoms with Gasteiger partial charge in [0.25, 0.3) is 10.2 Å². The highest BCUT2D eigenvalue weighted by atomic mass is 32.2. The number of ether oxygens (including phenoxy) is 1. The van der Waals surface area contributed by atoms with Gasteiger partial charge in [-0.15, -0.1) is 6.42 Å². The fraction of sp³-hybridized carbons (Fsp3) is 0.0909. The maximum absolute atomic E-state index is 14.5. The summed E-state index contributed by atoms with van der Waals surface area (Å²) in [5.41, 5.74) is -0.249. The predicted octanol–water partition coefficient (Wildman–Crippen LogP) is 3.86. The second-order valence-electron chi connectivity index (χ2n) is 7.07. The van der Waals surface area contributed by atoms with Crippen molar-refractivity contribution < 1.29 is 30.4 Å². The van der Waals surface area contributed by atoms with Crippen molar-refractivity contribution in [2.45, 2.75) is 6.92 Å². The highest BCUT2D eigenvalue weighted by molar-refractivity contribution is 7.92. The molecule has 5 N–H and O–H groups in total. The van der Waals surface area contributed by atoms with Crippen molar-refractivity contribution in [2.24, 2.45) is 5.14 Å². The van der Waals surface area contributed by atoms with Gasteiger partial charge in [-0.2, -0.15) is 8.42 Å². The van der Waals surface area contributed by atoms with Crippen LogP contribution in [0, 0.1) is 24.0 Å². The Balaban J connectivity index is 2.05. The first-order chi connectivity index (χ1) is 16.4. The molecule has 184 valence electrons. The maximum Gasteiger partial charge on any atom is 0.296 e. The summed E-state index contributed by atoms with van der Waals surface area (Å²) in [7, 11) is -7.96. The van der Waals surface area contributed by atoms with Crippen LogP contribution in [0.3, 0.4) is 0 Å². The number of sulfonamides is 1. The first kappa shape index (κ1) is 25.8. The van der Waals surface area contributed by atoms with E-state index in [1.54, 1.807) is 0 Å². The van der Waals surface area contributed by atoms with Crippen LogP contribution in [0.4, 0.5) is 31.5 Å². The molecule has 0 fully saturated rings. The lowest BCUT2D eigenvalue weighted by molar-refractivity contribution is 0.479. The van der Waals surface area contributed by atoms with E-state index >= 15 is 0 Å². The van der Waals surface area contributed by atoms with E-state index in [0.29, 0.717) is 0 Å². The summed E-state index contributed by atoms with van der Waals surface area (Å²) in [4.78, 5) is 0. The van der Waals surface area contributed by atoms with E-state index in [1.807, 2.05) is 4.72 Å². The van der Waals surface area contributed by atoms with E-state index in [9.17, 15) is 25.6 Å². The lowest BCUT2D eigenvalue weighted by atomic mass is 10.2. The standard InChI is InChI=1S/C22H20F2N4O5S2/c1-3-14-8-9-19(18(24)10-14)26-20-11-15(23)12-21(22(20)28-35(25,31)32)33-17-7-5-6-16(13-17)27-34(29,30)4-2/h1,5-13,26-28H,4H2,2H3,(H2,25,31,32). The van der Waals surface area contributed by atoms with Gasteiger partial charge in [-0.05, 0) is 43.3 Å². The molecule has 0 heterocycles. The Morgan fingerprint density at radius 2 is 1.74 bits per heavy atom. The summed E-state index contributed by atoms with van der Waals surface area (Å²) in [6.07, 6.45) is 5.25. The normalized spacial score (nSPS) is 11.4. The number of hydrogen-bond acceptors (Lipinski definition) is 6. The zero-order valence-corrected chi connectivity index (χ0v) is 19.8. The summed E-state index contributed by atoms with van der Waals surface area (Å²) in [5.74, 6) is 0.179. The first-order valence-corrected chi connectivity index (χ1v) is 13.0. The molecule has 3 rings (SSSR count). The molecule has 9 nitrogen and oxygen atoms in total. The predicted molar refractivity (Wildman–Crippen MR) is 130 cm³/mol. The molecule has 0 spiro atoms. The van der Waals surface area contributed by atoms with Crippen LogP contribution in [0.5, 0.6) is 11.5 Å². The van der Waals surface area contributed by atoms with Crippen molar-refractivity contribution in [2.75, 3.05) is 20.5 Å². The molecule has 3 aromatic rings. The Morgan fingerprint density at radius 1 is 1.00 bits per heavy atom. The van der Waals surface area contributed by atoms with Crippen molar-refractivity contribution in [3.05, 3.63) is 71.8 Å². The van der Waals surface area contributed by atoms with Gasteiger partial charge in [0.15, 0.2) is 5.75 Å². The van der Waals surface area contributed by atoms with Gasteiger partial charge in [0, 0.05) is 17.7 Å². The molecule has 0 saturated heterocycles. The van der Waals surface area contributed by atoms with E-state index < -0.39 is 31.9 Å². The number of hydrogen-bond donors (Lipinski definition) is 4. The summed E-state index contributed by atoms with van der Waals surface area (Å²) in [5, 5.41) is 7.71. The van der Waals surface area contributed by atoms with E-state index in [1.165, 1.54) is 43.3 Å². The number of anilines is 4. The number of halogens is 2. The van der Waals surface area contributed by atoms with Crippen LogP contribution >= 0.6 is 0 Å². The molecule has 0 saturated carbocycles. The smallest absolute Gasteiger partial charge is 0.296 e. The van der Waals surface area contributed by atoms with Gasteiger partial charge >= 0.3 is 0 Å². The molecular weight excluding hydrogens is 502 g/mol. The Kier molecular flexibility index (Phi) is 7.49. The third-order valence-corrected chi connectivity index (χ3v) is 6.23. The number of nitrogens with two attached hydrogens (primary N) is 1. The maximum atomic E-state index is 14.5. The molecule has 0 aliphatic carbocycles. The van der Waals surface area contributed by atoms with Crippen LogP contribution in [0.2, 0.25) is 0 Å². The number of benzene rings is 3. The molecule has 13 heteroatoms. The van der Waals surface area contributed by atoms with E-state index in [4.69, 9.17) is 16.3 Å². The Hall–Kier alpha value is -3.86. The Bertz CT molecular complexity index is 1520. The van der Waals surface area contributed by atoms with E-state index in [2.05, 4.69) is 16.0 Å². The second-order valence-corrected chi connectivity index (χ2v) is 10.4. The van der Waals surface area contributed by atoms with E-state index in [0.717, 1.165) is 18.2 Å². The van der Waals surface area contributed by atoms with Gasteiger partial charge in [-0.1, -0.05) is 12.0 Å². The number of nitrogens with one attached hydrogen (secondary N) is 3. The highest BCUT2D eigenvalue weighted by Crippen LogP contribution is 2.39. The highest BCUT2D eigenvalue weighted by Gasteiger charge is 2.19. The first-order valence-electron chi connectivity index (χ1n) is 9.85. The fourth-order valence-electron chi connectivity index (χ4n) is 2.86. The van der Waals surface area contributed by atoms with Gasteiger partial charge in [-0.3, -0.25) is 9.44 Å². The lowest BCUT2D eigenvalue weighted by Crippen LogP contribution is -2.22. The van der Waals surface area contributed by atoms with Gasteiger partial charge in [0.2, 0.25) is 10.0 Å². The topological polar surface area (TPSA) is 140 Å². The van der Waals surface area contributed by atoms with Crippen molar-refractivity contribution >= 4 is 43.0 Å². The largest absolute Gasteiger partial charge is 0.455 e. The summed E-state index contributed by atoms with van der Waals surface area (Å²) in [6.45, 7) is 1.46. The summed E-state index contributed by atoms with van der Waals surface area (Å²) >= 11 is 0.